The van der Waals surface area contributed by atoms with Crippen molar-refractivity contribution in [2.75, 3.05) is 33.2 Å². The van der Waals surface area contributed by atoms with E-state index in [-0.39, 0.29) is 11.6 Å². The zero-order valence-electron chi connectivity index (χ0n) is 12.6. The average Bonchev–Trinajstić information content (AvgIpc) is 2.90. The lowest BCUT2D eigenvalue weighted by molar-refractivity contribution is -0.385. The molecule has 0 spiro atoms. The fraction of sp³-hybridized carbons (Fsp3) is 0.533. The van der Waals surface area contributed by atoms with Gasteiger partial charge in [-0.15, -0.1) is 0 Å². The molecule has 0 radical (unpaired) electrons. The number of carbonyl (C=O) groups excluding carboxylic acids is 1. The molecule has 7 heteroatoms. The lowest BCUT2D eigenvalue weighted by Gasteiger charge is -2.23. The summed E-state index contributed by atoms with van der Waals surface area (Å²) < 4.78 is 0. The zero-order chi connectivity index (χ0) is 16.1. The fourth-order valence-electron chi connectivity index (χ4n) is 2.57. The van der Waals surface area contributed by atoms with E-state index in [1.54, 1.807) is 12.1 Å². The summed E-state index contributed by atoms with van der Waals surface area (Å²) in [6.45, 7) is 2.48. The van der Waals surface area contributed by atoms with E-state index < -0.39 is 11.0 Å². The third kappa shape index (κ3) is 4.25. The number of likely N-dealkylation sites (N-methyl/N-ethyl adjacent to an activating group) is 1. The number of benzene rings is 1. The maximum absolute atomic E-state index is 11.5. The molecule has 1 unspecified atom stereocenters. The van der Waals surface area contributed by atoms with Crippen LogP contribution in [0.3, 0.4) is 0 Å². The van der Waals surface area contributed by atoms with Gasteiger partial charge < -0.3 is 14.9 Å². The number of nitrogens with zero attached hydrogens (tertiary/aromatic N) is 3. The summed E-state index contributed by atoms with van der Waals surface area (Å²) in [5, 5.41) is 21.0. The highest BCUT2D eigenvalue weighted by molar-refractivity contribution is 5.78. The van der Waals surface area contributed by atoms with E-state index in [4.69, 9.17) is 0 Å². The molecule has 1 amide bonds. The minimum atomic E-state index is -0.792. The number of nitro benzene ring substituents is 1. The molecule has 7 nitrogen and oxygen atoms in total. The number of amides is 1. The normalized spacial score (nSPS) is 16.3. The maximum Gasteiger partial charge on any atom is 0.269 e. The molecule has 0 aromatic heterocycles. The molecule has 1 saturated heterocycles. The monoisotopic (exact) mass is 307 g/mol. The standard InChI is InChI=1S/C15H21N3O4/c1-16(8-9-17-7-3-6-15(17)20)11-14(19)12-4-2-5-13(10-12)18(21)22/h2,4-5,10,14,19H,3,6-9,11H2,1H3. The summed E-state index contributed by atoms with van der Waals surface area (Å²) >= 11 is 0. The number of hydrogen-bond donors (Lipinski definition) is 1. The van der Waals surface area contributed by atoms with Crippen molar-refractivity contribution in [3.8, 4) is 0 Å². The van der Waals surface area contributed by atoms with E-state index in [1.165, 1.54) is 12.1 Å². The van der Waals surface area contributed by atoms with Gasteiger partial charge in [0.25, 0.3) is 5.69 Å². The van der Waals surface area contributed by atoms with E-state index in [0.29, 0.717) is 31.6 Å². The quantitative estimate of drug-likeness (QED) is 0.604. The van der Waals surface area contributed by atoms with Crippen molar-refractivity contribution in [1.29, 1.82) is 0 Å². The van der Waals surface area contributed by atoms with Gasteiger partial charge in [-0.25, -0.2) is 0 Å². The number of hydrogen-bond acceptors (Lipinski definition) is 5. The van der Waals surface area contributed by atoms with Crippen LogP contribution in [0.15, 0.2) is 24.3 Å². The first-order valence-electron chi connectivity index (χ1n) is 7.36. The summed E-state index contributed by atoms with van der Waals surface area (Å²) in [4.78, 5) is 25.6. The number of likely N-dealkylation sites (tertiary alicyclic amines) is 1. The average molecular weight is 307 g/mol. The number of rotatable bonds is 7. The number of carbonyl (C=O) groups is 1. The largest absolute Gasteiger partial charge is 0.387 e. The van der Waals surface area contributed by atoms with Crippen molar-refractivity contribution >= 4 is 11.6 Å². The maximum atomic E-state index is 11.5. The molecule has 22 heavy (non-hydrogen) atoms. The third-order valence-electron chi connectivity index (χ3n) is 3.87. The molecule has 1 N–H and O–H groups in total. The van der Waals surface area contributed by atoms with Crippen molar-refractivity contribution < 1.29 is 14.8 Å². The molecular formula is C15H21N3O4. The summed E-state index contributed by atoms with van der Waals surface area (Å²) in [6.07, 6.45) is 0.748. The summed E-state index contributed by atoms with van der Waals surface area (Å²) in [6, 6.07) is 6.04. The molecule has 0 bridgehead atoms. The van der Waals surface area contributed by atoms with Crippen LogP contribution in [0.2, 0.25) is 0 Å². The molecule has 1 fully saturated rings. The first kappa shape index (κ1) is 16.4. The van der Waals surface area contributed by atoms with E-state index in [9.17, 15) is 20.0 Å². The summed E-state index contributed by atoms with van der Waals surface area (Å²) in [5.74, 6) is 0.188. The molecule has 2 rings (SSSR count). The van der Waals surface area contributed by atoms with Crippen LogP contribution < -0.4 is 0 Å². The Balaban J connectivity index is 1.85. The molecule has 0 saturated carbocycles. The smallest absolute Gasteiger partial charge is 0.269 e. The van der Waals surface area contributed by atoms with Gasteiger partial charge in [0.2, 0.25) is 5.91 Å². The molecule has 1 aromatic rings. The van der Waals surface area contributed by atoms with Gasteiger partial charge in [0, 0.05) is 44.7 Å². The third-order valence-corrected chi connectivity index (χ3v) is 3.87. The molecule has 1 atom stereocenters. The second kappa shape index (κ2) is 7.33. The molecule has 0 aliphatic carbocycles. The lowest BCUT2D eigenvalue weighted by atomic mass is 10.1. The highest BCUT2D eigenvalue weighted by Gasteiger charge is 2.20. The Hall–Kier alpha value is -1.99. The van der Waals surface area contributed by atoms with Gasteiger partial charge in [-0.2, -0.15) is 0 Å². The molecule has 1 aromatic carbocycles. The molecule has 1 heterocycles. The predicted molar refractivity (Wildman–Crippen MR) is 81.4 cm³/mol. The first-order chi connectivity index (χ1) is 10.5. The minimum Gasteiger partial charge on any atom is -0.387 e. The Morgan fingerprint density at radius 1 is 1.50 bits per heavy atom. The molecular weight excluding hydrogens is 286 g/mol. The van der Waals surface area contributed by atoms with Gasteiger partial charge in [0.05, 0.1) is 11.0 Å². The Morgan fingerprint density at radius 2 is 2.27 bits per heavy atom. The van der Waals surface area contributed by atoms with Crippen LogP contribution in [0.25, 0.3) is 0 Å². The minimum absolute atomic E-state index is 0.0260. The van der Waals surface area contributed by atoms with Crippen LogP contribution in [0.5, 0.6) is 0 Å². The van der Waals surface area contributed by atoms with Crippen LogP contribution in [0.1, 0.15) is 24.5 Å². The van der Waals surface area contributed by atoms with Crippen LogP contribution in [0, 0.1) is 10.1 Å². The Kier molecular flexibility index (Phi) is 5.46. The van der Waals surface area contributed by atoms with Gasteiger partial charge in [-0.05, 0) is 19.0 Å². The Morgan fingerprint density at radius 3 is 2.91 bits per heavy atom. The summed E-state index contributed by atoms with van der Waals surface area (Å²) in [5.41, 5.74) is 0.500. The second-order valence-electron chi connectivity index (χ2n) is 5.61. The van der Waals surface area contributed by atoms with Crippen LogP contribution in [-0.4, -0.2) is 59.0 Å². The lowest BCUT2D eigenvalue weighted by Crippen LogP contribution is -2.35. The number of aliphatic hydroxyl groups excluding tert-OH is 1. The molecule has 1 aliphatic heterocycles. The van der Waals surface area contributed by atoms with Crippen molar-refractivity contribution in [2.45, 2.75) is 18.9 Å². The van der Waals surface area contributed by atoms with Crippen molar-refractivity contribution in [1.82, 2.24) is 9.80 Å². The van der Waals surface area contributed by atoms with Gasteiger partial charge in [0.15, 0.2) is 0 Å². The van der Waals surface area contributed by atoms with Gasteiger partial charge in [-0.3, -0.25) is 14.9 Å². The number of aliphatic hydroxyl groups is 1. The highest BCUT2D eigenvalue weighted by atomic mass is 16.6. The van der Waals surface area contributed by atoms with E-state index >= 15 is 0 Å². The molecule has 120 valence electrons. The van der Waals surface area contributed by atoms with E-state index in [0.717, 1.165) is 13.0 Å². The Labute approximate surface area is 129 Å². The first-order valence-corrected chi connectivity index (χ1v) is 7.36. The van der Waals surface area contributed by atoms with Crippen molar-refractivity contribution in [3.05, 3.63) is 39.9 Å². The van der Waals surface area contributed by atoms with E-state index in [1.807, 2.05) is 16.8 Å². The van der Waals surface area contributed by atoms with Gasteiger partial charge in [0.1, 0.15) is 0 Å². The van der Waals surface area contributed by atoms with Crippen molar-refractivity contribution in [3.63, 3.8) is 0 Å². The fourth-order valence-corrected chi connectivity index (χ4v) is 2.57. The zero-order valence-corrected chi connectivity index (χ0v) is 12.6. The molecule has 1 aliphatic rings. The Bertz CT molecular complexity index is 549. The van der Waals surface area contributed by atoms with Gasteiger partial charge >= 0.3 is 0 Å². The van der Waals surface area contributed by atoms with E-state index in [2.05, 4.69) is 0 Å². The number of non-ortho nitro benzene ring substituents is 1. The summed E-state index contributed by atoms with van der Waals surface area (Å²) in [7, 11) is 1.86. The number of nitro groups is 1. The predicted octanol–water partition coefficient (Wildman–Crippen LogP) is 1.18. The van der Waals surface area contributed by atoms with Crippen LogP contribution >= 0.6 is 0 Å². The second-order valence-corrected chi connectivity index (χ2v) is 5.61. The van der Waals surface area contributed by atoms with Crippen LogP contribution in [-0.2, 0) is 4.79 Å². The highest BCUT2D eigenvalue weighted by Crippen LogP contribution is 2.19. The van der Waals surface area contributed by atoms with Gasteiger partial charge in [-0.1, -0.05) is 12.1 Å². The van der Waals surface area contributed by atoms with Crippen LogP contribution in [0.4, 0.5) is 5.69 Å². The SMILES string of the molecule is CN(CCN1CCCC1=O)CC(O)c1cccc([N+](=O)[O-])c1. The van der Waals surface area contributed by atoms with Crippen molar-refractivity contribution in [2.24, 2.45) is 0 Å². The topological polar surface area (TPSA) is 86.9 Å².